The molecule has 0 saturated carbocycles. The summed E-state index contributed by atoms with van der Waals surface area (Å²) in [5.74, 6) is 0. The number of rotatable bonds is 3. The maximum atomic E-state index is 5.99. The number of hydrogen-bond acceptors (Lipinski definition) is 1. The third-order valence-electron chi connectivity index (χ3n) is 3.78. The van der Waals surface area contributed by atoms with Crippen LogP contribution in [0, 0.1) is 0 Å². The van der Waals surface area contributed by atoms with Crippen LogP contribution in [0.3, 0.4) is 0 Å². The number of allylic oxidation sites excluding steroid dienone is 4. The zero-order chi connectivity index (χ0) is 14.9. The molecule has 0 unspecified atom stereocenters. The number of benzene rings is 1. The SMILES string of the molecule is C[O][Ti]([c]1ccccc1C1=C(C)C=C(C)C1)[C](C)(C)C.Cl.Cl. The Balaban J connectivity index is 0.00000220. The fourth-order valence-corrected chi connectivity index (χ4v) is 6.69. The van der Waals surface area contributed by atoms with Gasteiger partial charge in [-0.3, -0.25) is 0 Å². The van der Waals surface area contributed by atoms with E-state index < -0.39 is 18.3 Å². The van der Waals surface area contributed by atoms with Gasteiger partial charge in [0.15, 0.2) is 0 Å². The predicted molar refractivity (Wildman–Crippen MR) is 98.3 cm³/mol. The molecule has 0 spiro atoms. The normalized spacial score (nSPS) is 14.2. The van der Waals surface area contributed by atoms with E-state index in [2.05, 4.69) is 65.0 Å². The average Bonchev–Trinajstić information content (AvgIpc) is 2.68. The molecule has 0 radical (unpaired) electrons. The summed E-state index contributed by atoms with van der Waals surface area (Å²) in [5.41, 5.74) is 5.79. The van der Waals surface area contributed by atoms with Gasteiger partial charge in [-0.2, -0.15) is 0 Å². The Hall–Kier alpha value is -0.0457. The van der Waals surface area contributed by atoms with E-state index >= 15 is 0 Å². The van der Waals surface area contributed by atoms with Crippen molar-refractivity contribution in [1.29, 1.82) is 0 Å². The molecular formula is C18H27Cl2OTi. The van der Waals surface area contributed by atoms with Crippen molar-refractivity contribution < 1.29 is 21.6 Å². The van der Waals surface area contributed by atoms with Gasteiger partial charge in [-0.25, -0.2) is 0 Å². The Morgan fingerprint density at radius 1 is 1.05 bits per heavy atom. The van der Waals surface area contributed by atoms with Gasteiger partial charge in [0, 0.05) is 0 Å². The van der Waals surface area contributed by atoms with E-state index in [1.54, 1.807) is 0 Å². The largest absolute Gasteiger partial charge is 0.147 e. The van der Waals surface area contributed by atoms with Crippen LogP contribution in [0.25, 0.3) is 5.57 Å². The van der Waals surface area contributed by atoms with Crippen molar-refractivity contribution in [2.75, 3.05) is 7.11 Å². The first-order chi connectivity index (χ1) is 9.34. The molecule has 0 N–H and O–H groups in total. The first-order valence-corrected chi connectivity index (χ1v) is 9.42. The second kappa shape index (κ2) is 8.71. The van der Waals surface area contributed by atoms with Gasteiger partial charge in [-0.15, -0.1) is 24.8 Å². The summed E-state index contributed by atoms with van der Waals surface area (Å²) in [7, 11) is 1.89. The topological polar surface area (TPSA) is 9.23 Å². The molecule has 0 fully saturated rings. The molecular weight excluding hydrogens is 351 g/mol. The molecule has 1 aromatic carbocycles. The van der Waals surface area contributed by atoms with Crippen LogP contribution >= 0.6 is 24.8 Å². The van der Waals surface area contributed by atoms with Crippen molar-refractivity contribution in [3.63, 3.8) is 0 Å². The Morgan fingerprint density at radius 3 is 2.09 bits per heavy atom. The zero-order valence-corrected chi connectivity index (χ0v) is 17.5. The Labute approximate surface area is 154 Å². The predicted octanol–water partition coefficient (Wildman–Crippen LogP) is 5.68. The van der Waals surface area contributed by atoms with E-state index in [1.807, 2.05) is 7.11 Å². The summed E-state index contributed by atoms with van der Waals surface area (Å²) >= 11 is -1.77. The van der Waals surface area contributed by atoms with E-state index in [1.165, 1.54) is 26.2 Å². The molecule has 0 atom stereocenters. The first kappa shape index (κ1) is 22.0. The molecule has 4 heteroatoms. The van der Waals surface area contributed by atoms with Crippen molar-refractivity contribution in [1.82, 2.24) is 0 Å². The van der Waals surface area contributed by atoms with Crippen molar-refractivity contribution in [3.05, 3.63) is 47.1 Å². The van der Waals surface area contributed by atoms with Crippen LogP contribution in [-0.4, -0.2) is 7.11 Å². The van der Waals surface area contributed by atoms with Crippen LogP contribution < -0.4 is 3.87 Å². The summed E-state index contributed by atoms with van der Waals surface area (Å²) in [6, 6.07) is 8.87. The standard InChI is InChI=1S/C13H13.C4H9.CH3O.2ClH.Ti/c1-10-8-11(2)13(9-10)12-6-4-3-5-7-12;1-4(2)3;1-2;;;/h3-6,8H,9H2,1-2H3;1-3H3;1H3;2*1H;/q;;-1;;;+1. The third kappa shape index (κ3) is 4.72. The van der Waals surface area contributed by atoms with E-state index in [9.17, 15) is 0 Å². The van der Waals surface area contributed by atoms with E-state index in [-0.39, 0.29) is 28.5 Å². The minimum absolute atomic E-state index is 0. The fourth-order valence-electron chi connectivity index (χ4n) is 3.00. The summed E-state index contributed by atoms with van der Waals surface area (Å²) in [6.45, 7) is 11.4. The zero-order valence-electron chi connectivity index (χ0n) is 14.3. The van der Waals surface area contributed by atoms with Gasteiger partial charge in [0.05, 0.1) is 0 Å². The van der Waals surface area contributed by atoms with Gasteiger partial charge in [0.1, 0.15) is 0 Å². The fraction of sp³-hybridized carbons (Fsp3) is 0.444. The van der Waals surface area contributed by atoms with Crippen LogP contribution in [-0.2, 0) is 21.6 Å². The number of hydrogen-bond donors (Lipinski definition) is 0. The molecule has 0 heterocycles. The van der Waals surface area contributed by atoms with Gasteiger partial charge in [0.25, 0.3) is 0 Å². The Kier molecular flexibility index (Phi) is 8.69. The quantitative estimate of drug-likeness (QED) is 0.616. The van der Waals surface area contributed by atoms with E-state index in [0.29, 0.717) is 0 Å². The monoisotopic (exact) mass is 377 g/mol. The van der Waals surface area contributed by atoms with E-state index in [4.69, 9.17) is 3.32 Å². The summed E-state index contributed by atoms with van der Waals surface area (Å²) in [4.78, 5) is 0. The second-order valence-corrected chi connectivity index (χ2v) is 11.5. The van der Waals surface area contributed by atoms with Gasteiger partial charge in [-0.1, -0.05) is 0 Å². The smallest absolute Gasteiger partial charge is 0.147 e. The Bertz CT molecular complexity index is 571. The van der Waals surface area contributed by atoms with Gasteiger partial charge >= 0.3 is 130 Å². The van der Waals surface area contributed by atoms with Crippen LogP contribution in [0.1, 0.15) is 46.6 Å². The summed E-state index contributed by atoms with van der Waals surface area (Å²) in [5, 5.41) is 0. The molecule has 2 rings (SSSR count). The second-order valence-electron chi connectivity index (χ2n) is 6.66. The van der Waals surface area contributed by atoms with Crippen LogP contribution in [0.15, 0.2) is 41.5 Å². The Morgan fingerprint density at radius 2 is 1.64 bits per heavy atom. The molecule has 0 aliphatic heterocycles. The summed E-state index contributed by atoms with van der Waals surface area (Å²) < 4.78 is 7.71. The minimum atomic E-state index is -1.77. The van der Waals surface area contributed by atoms with Crippen molar-refractivity contribution in [2.24, 2.45) is 0 Å². The molecule has 0 aromatic heterocycles. The average molecular weight is 378 g/mol. The molecule has 0 bridgehead atoms. The van der Waals surface area contributed by atoms with Crippen LogP contribution in [0.2, 0.25) is 3.72 Å². The summed E-state index contributed by atoms with van der Waals surface area (Å²) in [6.07, 6.45) is 3.40. The maximum absolute atomic E-state index is 5.99. The minimum Gasteiger partial charge on any atom is -0.147 e. The molecule has 1 aliphatic carbocycles. The van der Waals surface area contributed by atoms with Crippen molar-refractivity contribution >= 4 is 34.3 Å². The van der Waals surface area contributed by atoms with Gasteiger partial charge in [-0.05, 0) is 0 Å². The maximum Gasteiger partial charge on any atom is -0.147 e. The van der Waals surface area contributed by atoms with Crippen molar-refractivity contribution in [2.45, 2.75) is 44.8 Å². The third-order valence-corrected chi connectivity index (χ3v) is 7.99. The molecule has 123 valence electrons. The van der Waals surface area contributed by atoms with Gasteiger partial charge in [0.2, 0.25) is 0 Å². The molecule has 0 saturated heterocycles. The number of halogens is 2. The molecule has 1 aliphatic rings. The molecule has 1 nitrogen and oxygen atoms in total. The van der Waals surface area contributed by atoms with Gasteiger partial charge < -0.3 is 0 Å². The van der Waals surface area contributed by atoms with E-state index in [0.717, 1.165) is 6.42 Å². The molecule has 1 aromatic rings. The van der Waals surface area contributed by atoms with Crippen LogP contribution in [0.5, 0.6) is 0 Å². The van der Waals surface area contributed by atoms with Crippen LogP contribution in [0.4, 0.5) is 0 Å². The first-order valence-electron chi connectivity index (χ1n) is 7.22. The van der Waals surface area contributed by atoms with Crippen molar-refractivity contribution in [3.8, 4) is 0 Å². The molecule has 22 heavy (non-hydrogen) atoms. The molecule has 0 amide bonds.